The standard InChI is InChI=1S/C9H12Cl2N2O2/c1-12-4-7(14)8(15)6-2-5(10)3-13-9(6)11/h2-3,7-8,12,14-15H,4H2,1H3. The highest BCUT2D eigenvalue weighted by Gasteiger charge is 2.21. The molecule has 1 aromatic rings. The van der Waals surface area contributed by atoms with E-state index in [0.717, 1.165) is 0 Å². The van der Waals surface area contributed by atoms with Crippen LogP contribution >= 0.6 is 23.2 Å². The van der Waals surface area contributed by atoms with Gasteiger partial charge in [0.25, 0.3) is 0 Å². The number of rotatable bonds is 4. The molecule has 6 heteroatoms. The second-order valence-corrected chi connectivity index (χ2v) is 3.90. The van der Waals surface area contributed by atoms with Crippen molar-refractivity contribution in [2.24, 2.45) is 0 Å². The van der Waals surface area contributed by atoms with Gasteiger partial charge in [0.15, 0.2) is 0 Å². The van der Waals surface area contributed by atoms with Crippen molar-refractivity contribution >= 4 is 23.2 Å². The topological polar surface area (TPSA) is 65.4 Å². The maximum atomic E-state index is 9.75. The fraction of sp³-hybridized carbons (Fsp3) is 0.444. The third kappa shape index (κ3) is 3.29. The van der Waals surface area contributed by atoms with Crippen molar-refractivity contribution < 1.29 is 10.2 Å². The lowest BCUT2D eigenvalue weighted by Crippen LogP contribution is -2.29. The summed E-state index contributed by atoms with van der Waals surface area (Å²) in [6.45, 7) is 0.254. The Hall–Kier alpha value is -0.390. The summed E-state index contributed by atoms with van der Waals surface area (Å²) < 4.78 is 0. The zero-order valence-electron chi connectivity index (χ0n) is 8.11. The maximum Gasteiger partial charge on any atom is 0.135 e. The van der Waals surface area contributed by atoms with E-state index in [0.29, 0.717) is 10.6 Å². The van der Waals surface area contributed by atoms with E-state index in [1.807, 2.05) is 0 Å². The van der Waals surface area contributed by atoms with Gasteiger partial charge in [0.2, 0.25) is 0 Å². The van der Waals surface area contributed by atoms with E-state index >= 15 is 0 Å². The summed E-state index contributed by atoms with van der Waals surface area (Å²) in [5.41, 5.74) is 0.326. The van der Waals surface area contributed by atoms with E-state index in [4.69, 9.17) is 23.2 Å². The molecule has 0 fully saturated rings. The van der Waals surface area contributed by atoms with Crippen LogP contribution in [-0.2, 0) is 0 Å². The average molecular weight is 251 g/mol. The van der Waals surface area contributed by atoms with Crippen LogP contribution in [-0.4, -0.2) is 34.9 Å². The molecule has 0 bridgehead atoms. The molecule has 1 heterocycles. The van der Waals surface area contributed by atoms with Gasteiger partial charge in [-0.15, -0.1) is 0 Å². The van der Waals surface area contributed by atoms with E-state index in [9.17, 15) is 10.2 Å². The van der Waals surface area contributed by atoms with Crippen LogP contribution in [0.5, 0.6) is 0 Å². The Morgan fingerprint density at radius 3 is 2.73 bits per heavy atom. The van der Waals surface area contributed by atoms with E-state index in [1.165, 1.54) is 12.3 Å². The average Bonchev–Trinajstić information content (AvgIpc) is 2.21. The van der Waals surface area contributed by atoms with Crippen molar-refractivity contribution in [1.82, 2.24) is 10.3 Å². The molecule has 1 rings (SSSR count). The van der Waals surface area contributed by atoms with E-state index in [1.54, 1.807) is 7.05 Å². The molecule has 3 N–H and O–H groups in total. The third-order valence-corrected chi connectivity index (χ3v) is 2.45. The number of nitrogens with one attached hydrogen (secondary N) is 1. The van der Waals surface area contributed by atoms with Gasteiger partial charge in [-0.1, -0.05) is 23.2 Å². The molecule has 2 unspecified atom stereocenters. The summed E-state index contributed by atoms with van der Waals surface area (Å²) in [4.78, 5) is 3.78. The minimum Gasteiger partial charge on any atom is -0.389 e. The van der Waals surface area contributed by atoms with E-state index in [2.05, 4.69) is 10.3 Å². The molecule has 1 aromatic heterocycles. The molecular formula is C9H12Cl2N2O2. The second kappa shape index (κ2) is 5.63. The zero-order valence-corrected chi connectivity index (χ0v) is 9.63. The third-order valence-electron chi connectivity index (χ3n) is 1.93. The Morgan fingerprint density at radius 1 is 1.47 bits per heavy atom. The predicted molar refractivity (Wildman–Crippen MR) is 59.2 cm³/mol. The summed E-state index contributed by atoms with van der Waals surface area (Å²) >= 11 is 11.5. The molecular weight excluding hydrogens is 239 g/mol. The van der Waals surface area contributed by atoms with Crippen LogP contribution in [0, 0.1) is 0 Å². The molecule has 0 saturated carbocycles. The van der Waals surface area contributed by atoms with Crippen LogP contribution in [0.4, 0.5) is 0 Å². The number of aliphatic hydroxyl groups excluding tert-OH is 2. The highest BCUT2D eigenvalue weighted by atomic mass is 35.5. The van der Waals surface area contributed by atoms with Gasteiger partial charge in [-0.25, -0.2) is 4.98 Å². The normalized spacial score (nSPS) is 15.0. The number of nitrogens with zero attached hydrogens (tertiary/aromatic N) is 1. The molecule has 0 amide bonds. The summed E-state index contributed by atoms with van der Waals surface area (Å²) in [6.07, 6.45) is -0.672. The highest BCUT2D eigenvalue weighted by molar-refractivity contribution is 6.32. The Kier molecular flexibility index (Phi) is 4.76. The van der Waals surface area contributed by atoms with Gasteiger partial charge in [0, 0.05) is 18.3 Å². The molecule has 0 aliphatic heterocycles. The second-order valence-electron chi connectivity index (χ2n) is 3.10. The molecule has 0 spiro atoms. The first-order valence-electron chi connectivity index (χ1n) is 4.38. The smallest absolute Gasteiger partial charge is 0.135 e. The monoisotopic (exact) mass is 250 g/mol. The quantitative estimate of drug-likeness (QED) is 0.698. The molecule has 0 aromatic carbocycles. The largest absolute Gasteiger partial charge is 0.389 e. The Bertz CT molecular complexity index is 336. The number of likely N-dealkylation sites (N-methyl/N-ethyl adjacent to an activating group) is 1. The van der Waals surface area contributed by atoms with Crippen LogP contribution in [0.1, 0.15) is 11.7 Å². The van der Waals surface area contributed by atoms with Crippen molar-refractivity contribution in [1.29, 1.82) is 0 Å². The van der Waals surface area contributed by atoms with Crippen molar-refractivity contribution in [3.63, 3.8) is 0 Å². The maximum absolute atomic E-state index is 9.75. The fourth-order valence-corrected chi connectivity index (χ4v) is 1.56. The summed E-state index contributed by atoms with van der Waals surface area (Å²) in [5, 5.41) is 22.5. The zero-order chi connectivity index (χ0) is 11.4. The number of aliphatic hydroxyl groups is 2. The number of halogens is 2. The van der Waals surface area contributed by atoms with Crippen LogP contribution in [0.15, 0.2) is 12.3 Å². The first-order chi connectivity index (χ1) is 7.06. The van der Waals surface area contributed by atoms with Gasteiger partial charge in [0.05, 0.1) is 11.1 Å². The highest BCUT2D eigenvalue weighted by Crippen LogP contribution is 2.25. The van der Waals surface area contributed by atoms with Gasteiger partial charge in [-0.2, -0.15) is 0 Å². The Morgan fingerprint density at radius 2 is 2.13 bits per heavy atom. The number of hydrogen-bond donors (Lipinski definition) is 3. The van der Waals surface area contributed by atoms with Gasteiger partial charge in [-0.3, -0.25) is 0 Å². The molecule has 0 aliphatic rings. The molecule has 0 aliphatic carbocycles. The lowest BCUT2D eigenvalue weighted by molar-refractivity contribution is 0.0201. The van der Waals surface area contributed by atoms with Gasteiger partial charge < -0.3 is 15.5 Å². The minimum absolute atomic E-state index is 0.141. The van der Waals surface area contributed by atoms with Gasteiger partial charge >= 0.3 is 0 Å². The molecule has 2 atom stereocenters. The number of aromatic nitrogens is 1. The molecule has 15 heavy (non-hydrogen) atoms. The molecule has 0 radical (unpaired) electrons. The number of pyridine rings is 1. The Balaban J connectivity index is 2.89. The van der Waals surface area contributed by atoms with Crippen molar-refractivity contribution in [2.75, 3.05) is 13.6 Å². The molecule has 84 valence electrons. The first kappa shape index (κ1) is 12.7. The van der Waals surface area contributed by atoms with Crippen LogP contribution < -0.4 is 5.32 Å². The van der Waals surface area contributed by atoms with Crippen LogP contribution in [0.2, 0.25) is 10.2 Å². The van der Waals surface area contributed by atoms with Crippen molar-refractivity contribution in [2.45, 2.75) is 12.2 Å². The molecule has 4 nitrogen and oxygen atoms in total. The predicted octanol–water partition coefficient (Wildman–Crippen LogP) is 1.00. The van der Waals surface area contributed by atoms with Gasteiger partial charge in [0.1, 0.15) is 11.3 Å². The summed E-state index contributed by atoms with van der Waals surface area (Å²) in [5.74, 6) is 0. The van der Waals surface area contributed by atoms with Crippen molar-refractivity contribution in [3.8, 4) is 0 Å². The van der Waals surface area contributed by atoms with E-state index < -0.39 is 12.2 Å². The number of hydrogen-bond acceptors (Lipinski definition) is 4. The van der Waals surface area contributed by atoms with Crippen LogP contribution in [0.25, 0.3) is 0 Å². The lowest BCUT2D eigenvalue weighted by atomic mass is 10.1. The summed E-state index contributed by atoms with van der Waals surface area (Å²) in [7, 11) is 1.67. The van der Waals surface area contributed by atoms with E-state index in [-0.39, 0.29) is 11.7 Å². The Labute approximate surface area is 97.9 Å². The van der Waals surface area contributed by atoms with Crippen LogP contribution in [0.3, 0.4) is 0 Å². The molecule has 0 saturated heterocycles. The minimum atomic E-state index is -1.10. The van der Waals surface area contributed by atoms with Gasteiger partial charge in [-0.05, 0) is 13.1 Å². The SMILES string of the molecule is CNCC(O)C(O)c1cc(Cl)cnc1Cl. The first-order valence-corrected chi connectivity index (χ1v) is 5.13. The lowest BCUT2D eigenvalue weighted by Gasteiger charge is -2.18. The fourth-order valence-electron chi connectivity index (χ4n) is 1.17. The van der Waals surface area contributed by atoms with Crippen molar-refractivity contribution in [3.05, 3.63) is 28.0 Å². The summed E-state index contributed by atoms with van der Waals surface area (Å²) in [6, 6.07) is 1.49.